The molecule has 3 atom stereocenters. The fourth-order valence-corrected chi connectivity index (χ4v) is 6.40. The van der Waals surface area contributed by atoms with Crippen LogP contribution >= 0.6 is 24.0 Å². The van der Waals surface area contributed by atoms with Crippen molar-refractivity contribution in [2.45, 2.75) is 37.7 Å². The number of aromatic nitrogens is 2. The molecule has 1 aromatic heterocycles. The molecule has 2 aliphatic heterocycles. The van der Waals surface area contributed by atoms with Gasteiger partial charge in [-0.3, -0.25) is 9.58 Å². The summed E-state index contributed by atoms with van der Waals surface area (Å²) in [6, 6.07) is 13.1. The number of anilines is 2. The molecule has 1 saturated carbocycles. The average Bonchev–Trinajstić information content (AvgIpc) is 3.46. The molecule has 3 heterocycles. The summed E-state index contributed by atoms with van der Waals surface area (Å²) in [7, 11) is 0. The van der Waals surface area contributed by atoms with E-state index in [2.05, 4.69) is 27.0 Å². The third-order valence-electron chi connectivity index (χ3n) is 8.58. The first-order valence-corrected chi connectivity index (χ1v) is 14.6. The van der Waals surface area contributed by atoms with E-state index in [-0.39, 0.29) is 24.9 Å². The number of carboxylic acid groups (broad SMARTS) is 1. The van der Waals surface area contributed by atoms with E-state index < -0.39 is 35.6 Å². The van der Waals surface area contributed by atoms with Gasteiger partial charge in [-0.25, -0.2) is 9.18 Å². The fraction of sp³-hybridized carbons (Fsp3) is 0.467. The maximum atomic E-state index is 13.9. The zero-order valence-electron chi connectivity index (χ0n) is 23.3. The van der Waals surface area contributed by atoms with E-state index in [1.165, 1.54) is 0 Å². The van der Waals surface area contributed by atoms with Gasteiger partial charge in [-0.05, 0) is 49.1 Å². The van der Waals surface area contributed by atoms with Gasteiger partial charge in [-0.2, -0.15) is 18.3 Å². The molecule has 1 unspecified atom stereocenters. The van der Waals surface area contributed by atoms with Gasteiger partial charge in [-0.15, -0.1) is 12.4 Å². The minimum atomic E-state index is -4.85. The molecule has 1 aliphatic carbocycles. The Morgan fingerprint density at radius 1 is 1.02 bits per heavy atom. The summed E-state index contributed by atoms with van der Waals surface area (Å²) in [4.78, 5) is 18.2. The Balaban J connectivity index is 0.00000368. The lowest BCUT2D eigenvalue weighted by Gasteiger charge is -2.37. The van der Waals surface area contributed by atoms with E-state index in [4.69, 9.17) is 11.6 Å². The number of piperidine rings is 1. The van der Waals surface area contributed by atoms with Crippen LogP contribution in [0.4, 0.5) is 28.9 Å². The number of hydrogen-bond donors (Lipinski definition) is 1. The Kier molecular flexibility index (Phi) is 9.15. The van der Waals surface area contributed by atoms with Gasteiger partial charge in [-0.1, -0.05) is 29.8 Å². The second-order valence-electron chi connectivity index (χ2n) is 11.4. The first-order chi connectivity index (χ1) is 20.1. The van der Waals surface area contributed by atoms with Crippen molar-refractivity contribution in [1.29, 1.82) is 0 Å². The summed E-state index contributed by atoms with van der Waals surface area (Å²) in [6.45, 7) is 5.24. The SMILES string of the molecule is Cl.O=C(O)c1cnn(C2CCCN(c3cc(Cl)ccc3-c3ccc(N4CCN(C[C@H]5C[C@H]5F)CC4)cc3)C2)c1C(F)(F)F. The van der Waals surface area contributed by atoms with Gasteiger partial charge < -0.3 is 14.9 Å². The van der Waals surface area contributed by atoms with E-state index in [0.29, 0.717) is 30.8 Å². The van der Waals surface area contributed by atoms with E-state index in [0.717, 1.165) is 66.1 Å². The highest BCUT2D eigenvalue weighted by Gasteiger charge is 2.42. The molecule has 1 N–H and O–H groups in total. The van der Waals surface area contributed by atoms with Crippen molar-refractivity contribution in [3.63, 3.8) is 0 Å². The number of alkyl halides is 4. The normalized spacial score (nSPS) is 22.8. The summed E-state index contributed by atoms with van der Waals surface area (Å²) in [5, 5.41) is 13.7. The zero-order chi connectivity index (χ0) is 29.6. The molecule has 232 valence electrons. The number of carboxylic acids is 1. The lowest BCUT2D eigenvalue weighted by atomic mass is 9.99. The van der Waals surface area contributed by atoms with Crippen LogP contribution in [0, 0.1) is 5.92 Å². The van der Waals surface area contributed by atoms with Crippen molar-refractivity contribution in [3.8, 4) is 11.1 Å². The van der Waals surface area contributed by atoms with Gasteiger partial charge in [0.2, 0.25) is 0 Å². The molecule has 2 saturated heterocycles. The van der Waals surface area contributed by atoms with Crippen LogP contribution < -0.4 is 9.80 Å². The minimum Gasteiger partial charge on any atom is -0.478 e. The van der Waals surface area contributed by atoms with Crippen LogP contribution in [-0.2, 0) is 6.18 Å². The predicted octanol–water partition coefficient (Wildman–Crippen LogP) is 6.66. The van der Waals surface area contributed by atoms with Gasteiger partial charge in [0, 0.05) is 73.7 Å². The Morgan fingerprint density at radius 3 is 2.35 bits per heavy atom. The van der Waals surface area contributed by atoms with Crippen LogP contribution in [-0.4, -0.2) is 77.7 Å². The third-order valence-corrected chi connectivity index (χ3v) is 8.82. The molecule has 2 aromatic carbocycles. The van der Waals surface area contributed by atoms with Crippen molar-refractivity contribution in [3.05, 3.63) is 64.9 Å². The third kappa shape index (κ3) is 6.73. The van der Waals surface area contributed by atoms with Crippen LogP contribution in [0.25, 0.3) is 11.1 Å². The molecule has 7 nitrogen and oxygen atoms in total. The first-order valence-electron chi connectivity index (χ1n) is 14.2. The Hall–Kier alpha value is -3.02. The van der Waals surface area contributed by atoms with Crippen molar-refractivity contribution in [2.75, 3.05) is 55.6 Å². The molecule has 0 amide bonds. The highest BCUT2D eigenvalue weighted by molar-refractivity contribution is 6.31. The van der Waals surface area contributed by atoms with Gasteiger partial charge in [0.15, 0.2) is 5.69 Å². The standard InChI is InChI=1S/C30H32ClF4N5O2.ClH/c31-21-5-8-24(19-3-6-22(7-4-19)38-12-10-37(11-13-38)17-20-14-26(20)32)27(15-21)39-9-1-2-23(18-39)40-28(30(33,34)35)25(16-36-40)29(41)42;/h3-8,15-16,20,23,26H,1-2,9-14,17-18H2,(H,41,42);1H/t20-,23?,26-;/m1./s1. The van der Waals surface area contributed by atoms with Crippen molar-refractivity contribution in [1.82, 2.24) is 14.7 Å². The largest absolute Gasteiger partial charge is 0.478 e. The first kappa shape index (κ1) is 31.4. The lowest BCUT2D eigenvalue weighted by Crippen LogP contribution is -2.47. The number of hydrogen-bond acceptors (Lipinski definition) is 5. The van der Waals surface area contributed by atoms with E-state index >= 15 is 0 Å². The average molecular weight is 643 g/mol. The van der Waals surface area contributed by atoms with Gasteiger partial charge in [0.25, 0.3) is 0 Å². The van der Waals surface area contributed by atoms with Crippen LogP contribution in [0.5, 0.6) is 0 Å². The smallest absolute Gasteiger partial charge is 0.433 e. The summed E-state index contributed by atoms with van der Waals surface area (Å²) in [5.74, 6) is -1.45. The topological polar surface area (TPSA) is 64.8 Å². The highest BCUT2D eigenvalue weighted by atomic mass is 35.5. The second-order valence-corrected chi connectivity index (χ2v) is 11.8. The molecule has 3 aliphatic rings. The Labute approximate surface area is 258 Å². The molecule has 13 heteroatoms. The summed E-state index contributed by atoms with van der Waals surface area (Å²) < 4.78 is 55.8. The monoisotopic (exact) mass is 641 g/mol. The summed E-state index contributed by atoms with van der Waals surface area (Å²) in [6.07, 6.45) is -2.96. The molecule has 0 bridgehead atoms. The number of rotatable bonds is 7. The zero-order valence-corrected chi connectivity index (χ0v) is 24.9. The number of aromatic carboxylic acids is 1. The molecule has 0 spiro atoms. The molecule has 6 rings (SSSR count). The van der Waals surface area contributed by atoms with Gasteiger partial charge >= 0.3 is 12.1 Å². The maximum Gasteiger partial charge on any atom is 0.433 e. The number of halogens is 6. The van der Waals surface area contributed by atoms with Crippen molar-refractivity contribution >= 4 is 41.4 Å². The quantitative estimate of drug-likeness (QED) is 0.291. The van der Waals surface area contributed by atoms with Crippen molar-refractivity contribution < 1.29 is 27.5 Å². The van der Waals surface area contributed by atoms with E-state index in [9.17, 15) is 27.5 Å². The highest BCUT2D eigenvalue weighted by Crippen LogP contribution is 2.40. The van der Waals surface area contributed by atoms with E-state index in [1.54, 1.807) is 6.07 Å². The maximum absolute atomic E-state index is 13.9. The number of piperazine rings is 1. The van der Waals surface area contributed by atoms with Crippen molar-refractivity contribution in [2.24, 2.45) is 5.92 Å². The number of carbonyl (C=O) groups is 1. The molecule has 3 aromatic rings. The molecular weight excluding hydrogens is 609 g/mol. The van der Waals surface area contributed by atoms with E-state index in [1.807, 2.05) is 29.2 Å². The molecule has 3 fully saturated rings. The summed E-state index contributed by atoms with van der Waals surface area (Å²) >= 11 is 6.39. The lowest BCUT2D eigenvalue weighted by molar-refractivity contribution is -0.145. The fourth-order valence-electron chi connectivity index (χ4n) is 6.23. The molecular formula is C30H33Cl2F4N5O2. The Bertz CT molecular complexity index is 1440. The molecule has 0 radical (unpaired) electrons. The van der Waals surface area contributed by atoms with Gasteiger partial charge in [0.1, 0.15) is 11.7 Å². The second kappa shape index (κ2) is 12.5. The molecule has 43 heavy (non-hydrogen) atoms. The summed E-state index contributed by atoms with van der Waals surface area (Å²) in [5.41, 5.74) is 1.69. The predicted molar refractivity (Wildman–Crippen MR) is 160 cm³/mol. The van der Waals surface area contributed by atoms with Crippen LogP contribution in [0.15, 0.2) is 48.7 Å². The number of benzene rings is 2. The van der Waals surface area contributed by atoms with Gasteiger partial charge in [0.05, 0.1) is 12.2 Å². The van der Waals surface area contributed by atoms with Crippen LogP contribution in [0.2, 0.25) is 5.02 Å². The van der Waals surface area contributed by atoms with Crippen LogP contribution in [0.1, 0.15) is 41.4 Å². The number of nitrogens with zero attached hydrogens (tertiary/aromatic N) is 5. The minimum absolute atomic E-state index is 0. The van der Waals surface area contributed by atoms with Crippen LogP contribution in [0.3, 0.4) is 0 Å². The Morgan fingerprint density at radius 2 is 1.72 bits per heavy atom.